The van der Waals surface area contributed by atoms with E-state index in [4.69, 9.17) is 11.6 Å². The molecule has 0 radical (unpaired) electrons. The van der Waals surface area contributed by atoms with E-state index in [9.17, 15) is 14.3 Å². The molecular weight excluding hydrogens is 357 g/mol. The zero-order valence-corrected chi connectivity index (χ0v) is 15.0. The smallest absolute Gasteiger partial charge is 0.224 e. The molecule has 0 unspecified atom stereocenters. The lowest BCUT2D eigenvalue weighted by Gasteiger charge is -2.32. The Bertz CT molecular complexity index is 767. The molecule has 0 aliphatic carbocycles. The Kier molecular flexibility index (Phi) is 6.06. The molecular formula is C19H21ClFN3O2. The maximum absolute atomic E-state index is 13.8. The second kappa shape index (κ2) is 8.47. The van der Waals surface area contributed by atoms with Crippen LogP contribution in [0, 0.1) is 5.82 Å². The topological polar surface area (TPSA) is 65.5 Å². The molecule has 2 aromatic rings. The van der Waals surface area contributed by atoms with Crippen LogP contribution in [0.1, 0.15) is 24.0 Å². The van der Waals surface area contributed by atoms with Gasteiger partial charge in [-0.25, -0.2) is 9.37 Å². The van der Waals surface area contributed by atoms with E-state index >= 15 is 0 Å². The van der Waals surface area contributed by atoms with E-state index < -0.39 is 5.82 Å². The zero-order valence-electron chi connectivity index (χ0n) is 14.3. The van der Waals surface area contributed by atoms with Crippen molar-refractivity contribution in [3.63, 3.8) is 0 Å². The first-order valence-electron chi connectivity index (χ1n) is 8.61. The van der Waals surface area contributed by atoms with E-state index in [0.717, 1.165) is 30.8 Å². The molecule has 7 heteroatoms. The van der Waals surface area contributed by atoms with Crippen molar-refractivity contribution < 1.29 is 14.3 Å². The fraction of sp³-hybridized carbons (Fsp3) is 0.368. The van der Waals surface area contributed by atoms with Gasteiger partial charge in [-0.2, -0.15) is 0 Å². The summed E-state index contributed by atoms with van der Waals surface area (Å²) < 4.78 is 13.8. The van der Waals surface area contributed by atoms with Crippen molar-refractivity contribution in [2.75, 3.05) is 18.0 Å². The maximum atomic E-state index is 13.8. The number of amides is 1. The molecule has 5 nitrogen and oxygen atoms in total. The maximum Gasteiger partial charge on any atom is 0.224 e. The van der Waals surface area contributed by atoms with Crippen LogP contribution in [0.4, 0.5) is 10.2 Å². The lowest BCUT2D eigenvalue weighted by molar-refractivity contribution is -0.120. The monoisotopic (exact) mass is 377 g/mol. The number of rotatable bonds is 5. The summed E-state index contributed by atoms with van der Waals surface area (Å²) in [4.78, 5) is 18.7. The fourth-order valence-corrected chi connectivity index (χ4v) is 3.35. The van der Waals surface area contributed by atoms with Gasteiger partial charge in [0.2, 0.25) is 5.91 Å². The third-order valence-corrected chi connectivity index (χ3v) is 4.79. The third kappa shape index (κ3) is 4.51. The summed E-state index contributed by atoms with van der Waals surface area (Å²) in [5.74, 6) is -0.0435. The molecule has 0 bridgehead atoms. The summed E-state index contributed by atoms with van der Waals surface area (Å²) in [6, 6.07) is 8.05. The number of benzene rings is 1. The molecule has 2 N–H and O–H groups in total. The van der Waals surface area contributed by atoms with E-state index in [1.54, 1.807) is 18.3 Å². The van der Waals surface area contributed by atoms with Crippen molar-refractivity contribution in [3.8, 4) is 0 Å². The minimum Gasteiger partial charge on any atom is -0.391 e. The number of pyridine rings is 1. The first-order valence-corrected chi connectivity index (χ1v) is 8.99. The van der Waals surface area contributed by atoms with Crippen molar-refractivity contribution in [1.29, 1.82) is 0 Å². The van der Waals surface area contributed by atoms with Crippen LogP contribution in [0.25, 0.3) is 0 Å². The average Bonchev–Trinajstić information content (AvgIpc) is 2.63. The van der Waals surface area contributed by atoms with Gasteiger partial charge in [0.15, 0.2) is 0 Å². The highest BCUT2D eigenvalue weighted by molar-refractivity contribution is 6.31. The van der Waals surface area contributed by atoms with Crippen molar-refractivity contribution >= 4 is 23.3 Å². The molecule has 2 heterocycles. The second-order valence-corrected chi connectivity index (χ2v) is 6.79. The minimum absolute atomic E-state index is 0.121. The number of aliphatic hydroxyl groups is 1. The summed E-state index contributed by atoms with van der Waals surface area (Å²) >= 11 is 5.97. The number of nitrogens with zero attached hydrogens (tertiary/aromatic N) is 2. The van der Waals surface area contributed by atoms with Gasteiger partial charge in [-0.1, -0.05) is 23.7 Å². The van der Waals surface area contributed by atoms with Crippen LogP contribution in [0.2, 0.25) is 5.02 Å². The van der Waals surface area contributed by atoms with E-state index in [1.165, 1.54) is 12.1 Å². The third-order valence-electron chi connectivity index (χ3n) is 4.44. The summed E-state index contributed by atoms with van der Waals surface area (Å²) in [7, 11) is 0. The number of carbonyl (C=O) groups excluding carboxylic acids is 1. The Morgan fingerprint density at radius 3 is 3.00 bits per heavy atom. The number of carbonyl (C=O) groups is 1. The van der Waals surface area contributed by atoms with Crippen LogP contribution in [0.5, 0.6) is 0 Å². The van der Waals surface area contributed by atoms with Crippen molar-refractivity contribution in [3.05, 3.63) is 58.5 Å². The summed E-state index contributed by atoms with van der Waals surface area (Å²) in [5, 5.41) is 12.9. The Morgan fingerprint density at radius 1 is 1.38 bits per heavy atom. The molecule has 1 aliphatic rings. The number of aromatic nitrogens is 1. The molecule has 1 aromatic carbocycles. The quantitative estimate of drug-likeness (QED) is 0.840. The van der Waals surface area contributed by atoms with Gasteiger partial charge in [-0.3, -0.25) is 4.79 Å². The van der Waals surface area contributed by atoms with Crippen molar-refractivity contribution in [1.82, 2.24) is 10.3 Å². The van der Waals surface area contributed by atoms with E-state index in [2.05, 4.69) is 10.3 Å². The number of nitrogens with one attached hydrogen (secondary N) is 1. The van der Waals surface area contributed by atoms with Crippen LogP contribution in [0.3, 0.4) is 0 Å². The van der Waals surface area contributed by atoms with Crippen molar-refractivity contribution in [2.45, 2.75) is 31.9 Å². The first kappa shape index (κ1) is 18.6. The van der Waals surface area contributed by atoms with Gasteiger partial charge < -0.3 is 15.3 Å². The minimum atomic E-state index is -0.489. The van der Waals surface area contributed by atoms with Crippen LogP contribution in [0.15, 0.2) is 36.5 Å². The number of aliphatic hydroxyl groups excluding tert-OH is 1. The first-order chi connectivity index (χ1) is 12.5. The predicted molar refractivity (Wildman–Crippen MR) is 98.7 cm³/mol. The Hall–Kier alpha value is -2.18. The Balaban J connectivity index is 1.65. The van der Waals surface area contributed by atoms with Gasteiger partial charge >= 0.3 is 0 Å². The molecule has 1 amide bonds. The summed E-state index contributed by atoms with van der Waals surface area (Å²) in [6.45, 7) is 1.63. The molecule has 1 atom stereocenters. The number of hydrogen-bond acceptors (Lipinski definition) is 4. The number of halogens is 2. The van der Waals surface area contributed by atoms with Gasteiger partial charge in [-0.15, -0.1) is 0 Å². The number of piperidine rings is 1. The molecule has 26 heavy (non-hydrogen) atoms. The van der Waals surface area contributed by atoms with E-state index in [1.807, 2.05) is 11.0 Å². The summed E-state index contributed by atoms with van der Waals surface area (Å²) in [6.07, 6.45) is 2.90. The highest BCUT2D eigenvalue weighted by Gasteiger charge is 2.21. The SMILES string of the molecule is O=C(Cc1c(F)cccc1Cl)NCc1cccnc1N1CCC[C@H](O)C1. The van der Waals surface area contributed by atoms with Gasteiger partial charge in [-0.05, 0) is 31.0 Å². The Morgan fingerprint density at radius 2 is 2.23 bits per heavy atom. The van der Waals surface area contributed by atoms with Gasteiger partial charge in [0.05, 0.1) is 12.5 Å². The number of anilines is 1. The normalized spacial score (nSPS) is 17.2. The van der Waals surface area contributed by atoms with E-state index in [0.29, 0.717) is 6.54 Å². The van der Waals surface area contributed by atoms with Crippen LogP contribution in [-0.2, 0) is 17.8 Å². The van der Waals surface area contributed by atoms with E-state index in [-0.39, 0.29) is 35.6 Å². The lowest BCUT2D eigenvalue weighted by atomic mass is 10.1. The molecule has 1 fully saturated rings. The molecule has 138 valence electrons. The number of β-amino-alcohol motifs (C(OH)–C–C–N with tert-alkyl or cyclic N) is 1. The largest absolute Gasteiger partial charge is 0.391 e. The molecule has 0 spiro atoms. The molecule has 0 saturated carbocycles. The predicted octanol–water partition coefficient (Wildman–Crippen LogP) is 2.69. The lowest BCUT2D eigenvalue weighted by Crippen LogP contribution is -2.39. The summed E-state index contributed by atoms with van der Waals surface area (Å²) in [5.41, 5.74) is 1.05. The van der Waals surface area contributed by atoms with Crippen LogP contribution in [-0.4, -0.2) is 35.2 Å². The standard InChI is InChI=1S/C19H21ClFN3O2/c20-16-6-1-7-17(21)15(16)10-18(26)23-11-13-4-2-8-22-19(13)24-9-3-5-14(25)12-24/h1-2,4,6-8,14,25H,3,5,9-12H2,(H,23,26)/t14-/m0/s1. The van der Waals surface area contributed by atoms with Gasteiger partial charge in [0.1, 0.15) is 11.6 Å². The fourth-order valence-electron chi connectivity index (χ4n) is 3.12. The highest BCUT2D eigenvalue weighted by atomic mass is 35.5. The van der Waals surface area contributed by atoms with Gasteiger partial charge in [0.25, 0.3) is 0 Å². The van der Waals surface area contributed by atoms with Crippen molar-refractivity contribution in [2.24, 2.45) is 0 Å². The molecule has 3 rings (SSSR count). The Labute approximate surface area is 156 Å². The average molecular weight is 378 g/mol. The molecule has 1 aliphatic heterocycles. The molecule has 1 aromatic heterocycles. The number of hydrogen-bond donors (Lipinski definition) is 2. The molecule has 1 saturated heterocycles. The van der Waals surface area contributed by atoms with Crippen LogP contribution >= 0.6 is 11.6 Å². The second-order valence-electron chi connectivity index (χ2n) is 6.38. The highest BCUT2D eigenvalue weighted by Crippen LogP contribution is 2.22. The van der Waals surface area contributed by atoms with Gasteiger partial charge in [0, 0.05) is 42.0 Å². The van der Waals surface area contributed by atoms with Crippen LogP contribution < -0.4 is 10.2 Å². The zero-order chi connectivity index (χ0) is 18.5.